The van der Waals surface area contributed by atoms with Crippen LogP contribution in [0, 0.1) is 0 Å². The number of halogens is 1. The van der Waals surface area contributed by atoms with Gasteiger partial charge in [-0.25, -0.2) is 4.98 Å². The number of benzene rings is 1. The molecule has 0 spiro atoms. The number of nitrogen functional groups attached to an aromatic ring is 1. The first-order valence-corrected chi connectivity index (χ1v) is 7.13. The van der Waals surface area contributed by atoms with Gasteiger partial charge in [-0.05, 0) is 39.5 Å². The first kappa shape index (κ1) is 11.0. The first-order chi connectivity index (χ1) is 8.24. The Morgan fingerprint density at radius 2 is 2.29 bits per heavy atom. The lowest BCUT2D eigenvalue weighted by molar-refractivity contribution is 0.730. The van der Waals surface area contributed by atoms with Crippen molar-refractivity contribution in [3.05, 3.63) is 39.3 Å². The van der Waals surface area contributed by atoms with Gasteiger partial charge in [-0.3, -0.25) is 0 Å². The number of nitrogens with two attached hydrogens (primary N) is 1. The molecule has 3 rings (SSSR count). The Morgan fingerprint density at radius 1 is 1.41 bits per heavy atom. The van der Waals surface area contributed by atoms with Crippen molar-refractivity contribution in [1.29, 1.82) is 0 Å². The van der Waals surface area contributed by atoms with Crippen molar-refractivity contribution in [3.8, 4) is 0 Å². The molecule has 0 atom stereocenters. The highest BCUT2D eigenvalue weighted by Crippen LogP contribution is 2.30. The summed E-state index contributed by atoms with van der Waals surface area (Å²) in [6, 6.07) is 6.17. The van der Waals surface area contributed by atoms with Gasteiger partial charge in [0.05, 0.1) is 0 Å². The van der Waals surface area contributed by atoms with Gasteiger partial charge < -0.3 is 10.6 Å². The summed E-state index contributed by atoms with van der Waals surface area (Å²) in [5.74, 6) is 0. The van der Waals surface area contributed by atoms with Gasteiger partial charge in [0.15, 0.2) is 5.13 Å². The Bertz CT molecular complexity index is 552. The van der Waals surface area contributed by atoms with Crippen LogP contribution in [0.15, 0.2) is 28.2 Å². The molecule has 2 heterocycles. The smallest absolute Gasteiger partial charge is 0.186 e. The molecule has 2 N–H and O–H groups in total. The summed E-state index contributed by atoms with van der Waals surface area (Å²) in [6.07, 6.45) is 1.04. The predicted octanol–water partition coefficient (Wildman–Crippen LogP) is 3.05. The minimum Gasteiger partial charge on any atom is -0.398 e. The highest BCUT2D eigenvalue weighted by Gasteiger charge is 2.20. The topological polar surface area (TPSA) is 42.1 Å². The summed E-state index contributed by atoms with van der Waals surface area (Å²) in [6.45, 7) is 1.87. The van der Waals surface area contributed by atoms with Gasteiger partial charge >= 0.3 is 0 Å². The normalized spacial score (nSPS) is 14.8. The number of thiazole rings is 1. The molecule has 3 nitrogen and oxygen atoms in total. The van der Waals surface area contributed by atoms with E-state index in [1.807, 2.05) is 17.5 Å². The molecule has 88 valence electrons. The summed E-state index contributed by atoms with van der Waals surface area (Å²) in [5.41, 5.74) is 9.55. The van der Waals surface area contributed by atoms with Crippen LogP contribution in [0.25, 0.3) is 0 Å². The minimum atomic E-state index is 0.863. The molecule has 0 fully saturated rings. The van der Waals surface area contributed by atoms with Crippen LogP contribution in [0.1, 0.15) is 11.1 Å². The predicted molar refractivity (Wildman–Crippen MR) is 75.4 cm³/mol. The van der Waals surface area contributed by atoms with Gasteiger partial charge in [0.25, 0.3) is 0 Å². The van der Waals surface area contributed by atoms with Gasteiger partial charge in [-0.1, -0.05) is 12.1 Å². The number of fused-ring (bicyclic) bond motifs is 1. The lowest BCUT2D eigenvalue weighted by atomic mass is 9.98. The van der Waals surface area contributed by atoms with E-state index in [0.717, 1.165) is 34.9 Å². The monoisotopic (exact) mass is 309 g/mol. The summed E-state index contributed by atoms with van der Waals surface area (Å²) in [4.78, 5) is 6.74. The van der Waals surface area contributed by atoms with E-state index in [-0.39, 0.29) is 0 Å². The third kappa shape index (κ3) is 2.05. The molecule has 0 radical (unpaired) electrons. The SMILES string of the molecule is Nc1cccc2c1CN(c1nc(Br)cs1)CC2. The number of aromatic nitrogens is 1. The van der Waals surface area contributed by atoms with E-state index in [1.54, 1.807) is 11.3 Å². The van der Waals surface area contributed by atoms with Crippen LogP contribution in [-0.2, 0) is 13.0 Å². The van der Waals surface area contributed by atoms with Crippen LogP contribution < -0.4 is 10.6 Å². The van der Waals surface area contributed by atoms with Crippen molar-refractivity contribution in [2.24, 2.45) is 0 Å². The highest BCUT2D eigenvalue weighted by molar-refractivity contribution is 9.10. The molecule has 0 unspecified atom stereocenters. The molecule has 2 aromatic rings. The number of anilines is 2. The fourth-order valence-electron chi connectivity index (χ4n) is 2.16. The summed E-state index contributed by atoms with van der Waals surface area (Å²) < 4.78 is 0.907. The quantitative estimate of drug-likeness (QED) is 0.823. The third-order valence-electron chi connectivity index (χ3n) is 3.04. The van der Waals surface area contributed by atoms with Crippen LogP contribution in [0.4, 0.5) is 10.8 Å². The summed E-state index contributed by atoms with van der Waals surface area (Å²) in [5, 5.41) is 3.07. The lowest BCUT2D eigenvalue weighted by Crippen LogP contribution is -2.30. The van der Waals surface area contributed by atoms with Crippen molar-refractivity contribution < 1.29 is 0 Å². The van der Waals surface area contributed by atoms with Crippen molar-refractivity contribution in [2.45, 2.75) is 13.0 Å². The van der Waals surface area contributed by atoms with Crippen LogP contribution >= 0.6 is 27.3 Å². The molecule has 0 aliphatic carbocycles. The largest absolute Gasteiger partial charge is 0.398 e. The zero-order valence-corrected chi connectivity index (χ0v) is 11.6. The maximum atomic E-state index is 6.03. The number of nitrogens with zero attached hydrogens (tertiary/aromatic N) is 2. The van der Waals surface area contributed by atoms with Crippen LogP contribution in [0.5, 0.6) is 0 Å². The molecule has 1 aliphatic rings. The number of hydrogen-bond donors (Lipinski definition) is 1. The Labute approximate surface area is 112 Å². The summed E-state index contributed by atoms with van der Waals surface area (Å²) >= 11 is 5.06. The maximum absolute atomic E-state index is 6.03. The third-order valence-corrected chi connectivity index (χ3v) is 4.65. The van der Waals surface area contributed by atoms with E-state index >= 15 is 0 Å². The zero-order valence-electron chi connectivity index (χ0n) is 9.19. The zero-order chi connectivity index (χ0) is 11.8. The molecule has 1 aromatic heterocycles. The average Bonchev–Trinajstić information content (AvgIpc) is 2.76. The highest BCUT2D eigenvalue weighted by atomic mass is 79.9. The molecule has 0 saturated heterocycles. The van der Waals surface area contributed by atoms with Crippen molar-refractivity contribution >= 4 is 38.1 Å². The summed E-state index contributed by atoms with van der Waals surface area (Å²) in [7, 11) is 0. The van der Waals surface area contributed by atoms with Crippen molar-refractivity contribution in [1.82, 2.24) is 4.98 Å². The Kier molecular flexibility index (Phi) is 2.80. The van der Waals surface area contributed by atoms with Crippen LogP contribution in [0.3, 0.4) is 0 Å². The second-order valence-electron chi connectivity index (χ2n) is 4.11. The van der Waals surface area contributed by atoms with E-state index in [4.69, 9.17) is 5.73 Å². The first-order valence-electron chi connectivity index (χ1n) is 5.46. The molecule has 1 aromatic carbocycles. The van der Waals surface area contributed by atoms with Gasteiger partial charge in [-0.2, -0.15) is 0 Å². The van der Waals surface area contributed by atoms with Crippen LogP contribution in [-0.4, -0.2) is 11.5 Å². The van der Waals surface area contributed by atoms with Gasteiger partial charge in [0.1, 0.15) is 4.60 Å². The Hall–Kier alpha value is -1.07. The van der Waals surface area contributed by atoms with E-state index in [0.29, 0.717) is 0 Å². The van der Waals surface area contributed by atoms with E-state index in [1.165, 1.54) is 11.1 Å². The van der Waals surface area contributed by atoms with Crippen molar-refractivity contribution in [2.75, 3.05) is 17.2 Å². The van der Waals surface area contributed by atoms with Gasteiger partial charge in [0.2, 0.25) is 0 Å². The molecule has 0 saturated carbocycles. The lowest BCUT2D eigenvalue weighted by Gasteiger charge is -2.29. The minimum absolute atomic E-state index is 0.863. The van der Waals surface area contributed by atoms with Crippen molar-refractivity contribution in [3.63, 3.8) is 0 Å². The maximum Gasteiger partial charge on any atom is 0.186 e. The Morgan fingerprint density at radius 3 is 3.06 bits per heavy atom. The van der Waals surface area contributed by atoms with Crippen LogP contribution in [0.2, 0.25) is 0 Å². The molecule has 17 heavy (non-hydrogen) atoms. The fraction of sp³-hybridized carbons (Fsp3) is 0.250. The molecule has 0 bridgehead atoms. The average molecular weight is 310 g/mol. The number of hydrogen-bond acceptors (Lipinski definition) is 4. The second kappa shape index (κ2) is 4.31. The molecule has 0 amide bonds. The second-order valence-corrected chi connectivity index (χ2v) is 5.76. The molecule has 5 heteroatoms. The standard InChI is InChI=1S/C12H12BrN3S/c13-11-7-17-12(15-11)16-5-4-8-2-1-3-10(14)9(8)6-16/h1-3,7H,4-6,14H2. The van der Waals surface area contributed by atoms with Gasteiger partial charge in [0, 0.05) is 24.2 Å². The van der Waals surface area contributed by atoms with E-state index in [9.17, 15) is 0 Å². The number of rotatable bonds is 1. The van der Waals surface area contributed by atoms with Gasteiger partial charge in [-0.15, -0.1) is 11.3 Å². The molecular weight excluding hydrogens is 298 g/mol. The fourth-order valence-corrected chi connectivity index (χ4v) is 3.44. The molecular formula is C12H12BrN3S. The Balaban J connectivity index is 1.92. The van der Waals surface area contributed by atoms with E-state index < -0.39 is 0 Å². The molecule has 1 aliphatic heterocycles. The van der Waals surface area contributed by atoms with E-state index in [2.05, 4.69) is 31.9 Å².